The molecule has 0 amide bonds. The summed E-state index contributed by atoms with van der Waals surface area (Å²) in [6.07, 6.45) is 18.7. The van der Waals surface area contributed by atoms with Gasteiger partial charge in [-0.2, -0.15) is 0 Å². The average Bonchev–Trinajstić information content (AvgIpc) is 3.28. The van der Waals surface area contributed by atoms with E-state index in [1.165, 1.54) is 51.4 Å². The summed E-state index contributed by atoms with van der Waals surface area (Å²) in [5.74, 6) is -0.619. The number of halogens is 4. The maximum atomic E-state index is 12.4. The quantitative estimate of drug-likeness (QED) is 0.0775. The maximum Gasteiger partial charge on any atom is 0.673 e. The van der Waals surface area contributed by atoms with Crippen molar-refractivity contribution in [1.29, 1.82) is 0 Å². The van der Waals surface area contributed by atoms with Gasteiger partial charge in [-0.05, 0) is 74.0 Å². The number of hydrogen-bond acceptors (Lipinski definition) is 3. The van der Waals surface area contributed by atoms with Crippen LogP contribution in [-0.4, -0.2) is 41.8 Å². The third-order valence-corrected chi connectivity index (χ3v) is 13.4. The van der Waals surface area contributed by atoms with Gasteiger partial charge in [-0.15, -0.1) is 0 Å². The van der Waals surface area contributed by atoms with E-state index in [1.54, 1.807) is 0 Å². The Morgan fingerprint density at radius 1 is 0.657 bits per heavy atom. The maximum absolute atomic E-state index is 12.4. The van der Waals surface area contributed by atoms with Gasteiger partial charge in [-0.3, -0.25) is 0 Å². The summed E-state index contributed by atoms with van der Waals surface area (Å²) < 4.78 is 44.1. The first-order valence-corrected chi connectivity index (χ1v) is 15.1. The summed E-state index contributed by atoms with van der Waals surface area (Å²) in [5, 5.41) is 1.67. The third kappa shape index (κ3) is 10.1. The van der Waals surface area contributed by atoms with E-state index in [0.717, 1.165) is 10.6 Å². The normalized spacial score (nSPS) is 30.4. The fraction of sp³-hybridized carbons (Fsp3) is 0.667. The predicted molar refractivity (Wildman–Crippen MR) is 135 cm³/mol. The van der Waals surface area contributed by atoms with Crippen LogP contribution in [0.2, 0.25) is 0 Å². The Hall–Kier alpha value is -0.372. The van der Waals surface area contributed by atoms with Gasteiger partial charge in [0.05, 0.1) is 10.6 Å². The number of hydrogen-bond donors (Lipinski definition) is 0. The minimum absolute atomic E-state index is 0. The Morgan fingerprint density at radius 2 is 0.886 bits per heavy atom. The topological polar surface area (TPSA) is 43.4 Å². The van der Waals surface area contributed by atoms with E-state index < -0.39 is 23.1 Å². The number of carbonyl (C=O) groups is 2. The van der Waals surface area contributed by atoms with E-state index in [1.807, 2.05) is 0 Å². The summed E-state index contributed by atoms with van der Waals surface area (Å²) in [6, 6.07) is 0. The van der Waals surface area contributed by atoms with Gasteiger partial charge in [0.25, 0.3) is 0 Å². The summed E-state index contributed by atoms with van der Waals surface area (Å²) in [7, 11) is -7.06. The standard InChI is InChI=1S/C16H24O3P2.C8H12.BF4.Rh/c1-9-5-6-10(2)20(9)13-14(16(18)19-15(13)17)21-11(3)7-8-12(21)4;1-2-4-6-8-7-5-3-1;2-1(3,4)5;/h9-12H,5-8H2,1-4H3;1-2,7-8H,3-6H2;;/q;;-1;/b;2-1-,8-7?;;/t9-,10-,11-,12-;;;/m1.../s1. The van der Waals surface area contributed by atoms with Crippen molar-refractivity contribution in [2.24, 2.45) is 0 Å². The molecule has 3 nitrogen and oxygen atoms in total. The summed E-state index contributed by atoms with van der Waals surface area (Å²) in [4.78, 5) is 24.7. The molecule has 0 unspecified atom stereocenters. The van der Waals surface area contributed by atoms with Crippen LogP contribution in [0.5, 0.6) is 0 Å². The zero-order valence-corrected chi connectivity index (χ0v) is 24.2. The van der Waals surface area contributed by atoms with Crippen LogP contribution in [0.4, 0.5) is 17.3 Å². The summed E-state index contributed by atoms with van der Waals surface area (Å²) in [6.45, 7) is 8.96. The van der Waals surface area contributed by atoms with Crippen LogP contribution in [0.15, 0.2) is 34.9 Å². The Morgan fingerprint density at radius 3 is 1.11 bits per heavy atom. The molecule has 3 aliphatic heterocycles. The van der Waals surface area contributed by atoms with Gasteiger partial charge in [0.15, 0.2) is 0 Å². The first-order chi connectivity index (χ1) is 15.9. The zero-order chi connectivity index (χ0) is 25.5. The fourth-order valence-corrected chi connectivity index (χ4v) is 12.0. The van der Waals surface area contributed by atoms with Gasteiger partial charge in [0, 0.05) is 19.5 Å². The molecule has 0 aromatic heterocycles. The van der Waals surface area contributed by atoms with Crippen molar-refractivity contribution in [3.8, 4) is 0 Å². The molecule has 1 aliphatic carbocycles. The van der Waals surface area contributed by atoms with Gasteiger partial charge < -0.3 is 22.0 Å². The molecular weight excluding hydrogens is 588 g/mol. The number of cyclic esters (lactones) is 2. The average molecular weight is 624 g/mol. The molecule has 4 atom stereocenters. The molecule has 0 aromatic carbocycles. The van der Waals surface area contributed by atoms with Gasteiger partial charge >= 0.3 is 19.2 Å². The van der Waals surface area contributed by atoms with E-state index >= 15 is 0 Å². The molecule has 4 rings (SSSR count). The molecule has 11 heteroatoms. The Kier molecular flexibility index (Phi) is 14.1. The van der Waals surface area contributed by atoms with Crippen molar-refractivity contribution >= 4 is 35.0 Å². The second-order valence-electron chi connectivity index (χ2n) is 9.33. The smallest absolute Gasteiger partial charge is 0.418 e. The van der Waals surface area contributed by atoms with Crippen LogP contribution in [0.3, 0.4) is 0 Å². The molecule has 0 aromatic rings. The largest absolute Gasteiger partial charge is 0.673 e. The number of ether oxygens (including phenoxy) is 1. The summed E-state index contributed by atoms with van der Waals surface area (Å²) >= 11 is 0. The van der Waals surface area contributed by atoms with Crippen molar-refractivity contribution < 1.29 is 51.1 Å². The Labute approximate surface area is 222 Å². The summed E-state index contributed by atoms with van der Waals surface area (Å²) in [5.41, 5.74) is 2.17. The number of carbonyl (C=O) groups excluding carboxylic acids is 2. The molecule has 35 heavy (non-hydrogen) atoms. The van der Waals surface area contributed by atoms with Crippen molar-refractivity contribution in [1.82, 2.24) is 0 Å². The van der Waals surface area contributed by atoms with Crippen LogP contribution in [0.1, 0.15) is 79.1 Å². The molecule has 2 fully saturated rings. The van der Waals surface area contributed by atoms with Crippen molar-refractivity contribution in [2.45, 2.75) is 102 Å². The minimum atomic E-state index is -6.00. The molecule has 1 radical (unpaired) electrons. The fourth-order valence-electron chi connectivity index (χ4n) is 4.96. The van der Waals surface area contributed by atoms with Crippen LogP contribution in [-0.2, 0) is 33.8 Å². The first-order valence-electron chi connectivity index (χ1n) is 12.2. The second kappa shape index (κ2) is 15.1. The monoisotopic (exact) mass is 624 g/mol. The molecule has 2 saturated heterocycles. The number of allylic oxidation sites excluding steroid dienone is 4. The van der Waals surface area contributed by atoms with Crippen LogP contribution in [0.25, 0.3) is 0 Å². The van der Waals surface area contributed by atoms with Crippen LogP contribution in [0, 0.1) is 0 Å². The van der Waals surface area contributed by atoms with Crippen molar-refractivity contribution in [3.05, 3.63) is 34.9 Å². The predicted octanol–water partition coefficient (Wildman–Crippen LogP) is 8.36. The molecule has 0 spiro atoms. The van der Waals surface area contributed by atoms with E-state index in [0.29, 0.717) is 22.6 Å². The van der Waals surface area contributed by atoms with E-state index in [-0.39, 0.29) is 31.4 Å². The van der Waals surface area contributed by atoms with Gasteiger partial charge in [-0.25, -0.2) is 9.59 Å². The third-order valence-electron chi connectivity index (χ3n) is 6.55. The molecule has 0 saturated carbocycles. The van der Waals surface area contributed by atoms with E-state index in [9.17, 15) is 26.9 Å². The van der Waals surface area contributed by atoms with Crippen molar-refractivity contribution in [3.63, 3.8) is 0 Å². The molecular formula is C24H36BF4O3P2Rh-. The molecule has 3 heterocycles. The second-order valence-corrected chi connectivity index (χ2v) is 15.4. The minimum Gasteiger partial charge on any atom is -0.418 e. The van der Waals surface area contributed by atoms with E-state index in [4.69, 9.17) is 4.74 Å². The van der Waals surface area contributed by atoms with Gasteiger partial charge in [-0.1, -0.05) is 67.8 Å². The number of rotatable bonds is 2. The van der Waals surface area contributed by atoms with Crippen LogP contribution < -0.4 is 0 Å². The SMILES string of the molecule is C1=CCC/C=C\CC1.C[C@@H]1CC[C@@H](C)P1C1=C(P2[C@H](C)CC[C@H]2C)C(=O)OC1=O.F[B-](F)(F)F.[Rh]. The first kappa shape index (κ1) is 32.7. The molecule has 4 aliphatic rings. The number of esters is 2. The Balaban J connectivity index is 0.000000363. The molecule has 0 N–H and O–H groups in total. The van der Waals surface area contributed by atoms with E-state index in [2.05, 4.69) is 52.0 Å². The zero-order valence-electron chi connectivity index (χ0n) is 20.8. The Bertz CT molecular complexity index is 723. The van der Waals surface area contributed by atoms with Crippen LogP contribution >= 0.6 is 15.8 Å². The molecule has 201 valence electrons. The molecule has 0 bridgehead atoms. The van der Waals surface area contributed by atoms with Gasteiger partial charge in [0.1, 0.15) is 0 Å². The van der Waals surface area contributed by atoms with Crippen molar-refractivity contribution in [2.75, 3.05) is 0 Å². The van der Waals surface area contributed by atoms with Gasteiger partial charge in [0.2, 0.25) is 0 Å².